The van der Waals surface area contributed by atoms with Gasteiger partial charge in [-0.1, -0.05) is 0 Å². The lowest BCUT2D eigenvalue weighted by Crippen LogP contribution is -2.40. The number of ether oxygens (including phenoxy) is 2. The lowest BCUT2D eigenvalue weighted by Gasteiger charge is -2.26. The van der Waals surface area contributed by atoms with E-state index in [0.717, 1.165) is 50.7 Å². The summed E-state index contributed by atoms with van der Waals surface area (Å²) in [6.07, 6.45) is 0. The molecule has 0 unspecified atom stereocenters. The zero-order valence-electron chi connectivity index (χ0n) is 11.4. The lowest BCUT2D eigenvalue weighted by molar-refractivity contribution is 0.0384. The summed E-state index contributed by atoms with van der Waals surface area (Å²) in [5.74, 6) is 1.07. The van der Waals surface area contributed by atoms with Gasteiger partial charge in [-0.15, -0.1) is 0 Å². The predicted octanol–water partition coefficient (Wildman–Crippen LogP) is 0.823. The molecule has 1 aromatic carbocycles. The van der Waals surface area contributed by atoms with Crippen LogP contribution in [-0.2, 0) is 11.3 Å². The monoisotopic (exact) mass is 266 g/mol. The second kappa shape index (κ2) is 7.33. The van der Waals surface area contributed by atoms with E-state index in [2.05, 4.69) is 10.2 Å². The number of rotatable bonds is 6. The Morgan fingerprint density at radius 1 is 1.37 bits per heavy atom. The summed E-state index contributed by atoms with van der Waals surface area (Å²) in [6, 6.07) is 5.28. The van der Waals surface area contributed by atoms with Crippen molar-refractivity contribution in [2.24, 2.45) is 0 Å². The average Bonchev–Trinajstić information content (AvgIpc) is 2.46. The fraction of sp³-hybridized carbons (Fsp3) is 0.571. The number of hydrogen-bond acceptors (Lipinski definition) is 5. The number of hydrogen-bond donors (Lipinski definition) is 2. The maximum atomic E-state index is 9.76. The van der Waals surface area contributed by atoms with E-state index >= 15 is 0 Å². The molecule has 0 aromatic heterocycles. The quantitative estimate of drug-likeness (QED) is 0.747. The van der Waals surface area contributed by atoms with Crippen LogP contribution >= 0.6 is 0 Å². The van der Waals surface area contributed by atoms with E-state index in [1.54, 1.807) is 19.2 Å². The number of benzene rings is 1. The van der Waals surface area contributed by atoms with Gasteiger partial charge in [0.1, 0.15) is 11.5 Å². The Morgan fingerprint density at radius 2 is 2.16 bits per heavy atom. The van der Waals surface area contributed by atoms with Crippen molar-refractivity contribution in [3.05, 3.63) is 23.8 Å². The van der Waals surface area contributed by atoms with Crippen LogP contribution in [0.3, 0.4) is 0 Å². The van der Waals surface area contributed by atoms with E-state index in [1.807, 2.05) is 6.07 Å². The van der Waals surface area contributed by atoms with Crippen LogP contribution in [0.15, 0.2) is 18.2 Å². The van der Waals surface area contributed by atoms with Gasteiger partial charge in [0, 0.05) is 38.3 Å². The highest BCUT2D eigenvalue weighted by molar-refractivity contribution is 5.39. The highest BCUT2D eigenvalue weighted by atomic mass is 16.5. The van der Waals surface area contributed by atoms with Gasteiger partial charge < -0.3 is 19.9 Å². The van der Waals surface area contributed by atoms with E-state index in [4.69, 9.17) is 9.47 Å². The van der Waals surface area contributed by atoms with E-state index in [-0.39, 0.29) is 0 Å². The summed E-state index contributed by atoms with van der Waals surface area (Å²) in [5.41, 5.74) is 0.862. The molecule has 19 heavy (non-hydrogen) atoms. The summed E-state index contributed by atoms with van der Waals surface area (Å²) in [5, 5.41) is 13.1. The van der Waals surface area contributed by atoms with Crippen molar-refractivity contribution in [2.45, 2.75) is 6.54 Å². The topological polar surface area (TPSA) is 54.0 Å². The minimum Gasteiger partial charge on any atom is -0.508 e. The van der Waals surface area contributed by atoms with Gasteiger partial charge in [0.25, 0.3) is 0 Å². The van der Waals surface area contributed by atoms with E-state index in [9.17, 15) is 5.11 Å². The molecule has 0 saturated carbocycles. The number of nitrogens with one attached hydrogen (secondary N) is 1. The van der Waals surface area contributed by atoms with Gasteiger partial charge in [0.05, 0.1) is 20.3 Å². The van der Waals surface area contributed by atoms with Crippen LogP contribution in [0.1, 0.15) is 5.56 Å². The first-order valence-electron chi connectivity index (χ1n) is 6.66. The summed E-state index contributed by atoms with van der Waals surface area (Å²) < 4.78 is 10.5. The molecule has 0 amide bonds. The highest BCUT2D eigenvalue weighted by Gasteiger charge is 2.09. The molecule has 1 saturated heterocycles. The third-order valence-electron chi connectivity index (χ3n) is 3.31. The molecule has 1 aliphatic heterocycles. The summed E-state index contributed by atoms with van der Waals surface area (Å²) in [7, 11) is 1.63. The number of aromatic hydroxyl groups is 1. The molecule has 1 fully saturated rings. The number of phenolic OH excluding ortho intramolecular Hbond substituents is 1. The fourth-order valence-corrected chi connectivity index (χ4v) is 2.12. The van der Waals surface area contributed by atoms with Crippen LogP contribution in [0.5, 0.6) is 11.5 Å². The average molecular weight is 266 g/mol. The summed E-state index contributed by atoms with van der Waals surface area (Å²) in [6.45, 7) is 6.23. The molecule has 0 atom stereocenters. The zero-order valence-corrected chi connectivity index (χ0v) is 11.4. The number of morpholine rings is 1. The van der Waals surface area contributed by atoms with Crippen molar-refractivity contribution in [3.8, 4) is 11.5 Å². The maximum absolute atomic E-state index is 9.76. The van der Waals surface area contributed by atoms with Gasteiger partial charge >= 0.3 is 0 Å². The molecule has 1 aromatic rings. The van der Waals surface area contributed by atoms with Crippen molar-refractivity contribution >= 4 is 0 Å². The smallest absolute Gasteiger partial charge is 0.120 e. The molecule has 0 radical (unpaired) electrons. The Kier molecular flexibility index (Phi) is 5.44. The zero-order chi connectivity index (χ0) is 13.5. The molecule has 1 heterocycles. The van der Waals surface area contributed by atoms with Gasteiger partial charge in [-0.2, -0.15) is 0 Å². The van der Waals surface area contributed by atoms with Crippen molar-refractivity contribution in [1.82, 2.24) is 10.2 Å². The third kappa shape index (κ3) is 4.38. The molecule has 0 aliphatic carbocycles. The Balaban J connectivity index is 1.72. The second-order valence-corrected chi connectivity index (χ2v) is 4.63. The SMILES string of the molecule is COc1ccc(O)c(CNCCN2CCOCC2)c1. The molecular formula is C14H22N2O3. The minimum atomic E-state index is 0.305. The first kappa shape index (κ1) is 14.1. The van der Waals surface area contributed by atoms with Gasteiger partial charge in [-0.3, -0.25) is 4.90 Å². The van der Waals surface area contributed by atoms with Crippen LogP contribution in [-0.4, -0.2) is 56.5 Å². The van der Waals surface area contributed by atoms with Crippen LogP contribution in [0, 0.1) is 0 Å². The molecule has 2 rings (SSSR count). The van der Waals surface area contributed by atoms with E-state index < -0.39 is 0 Å². The summed E-state index contributed by atoms with van der Waals surface area (Å²) >= 11 is 0. The summed E-state index contributed by atoms with van der Waals surface area (Å²) in [4.78, 5) is 2.38. The van der Waals surface area contributed by atoms with Gasteiger partial charge in [0.15, 0.2) is 0 Å². The van der Waals surface area contributed by atoms with Crippen LogP contribution in [0.25, 0.3) is 0 Å². The molecule has 1 aliphatic rings. The minimum absolute atomic E-state index is 0.305. The van der Waals surface area contributed by atoms with Gasteiger partial charge in [-0.05, 0) is 18.2 Å². The van der Waals surface area contributed by atoms with Gasteiger partial charge in [0.2, 0.25) is 0 Å². The number of methoxy groups -OCH3 is 1. The van der Waals surface area contributed by atoms with Crippen molar-refractivity contribution < 1.29 is 14.6 Å². The van der Waals surface area contributed by atoms with E-state index in [0.29, 0.717) is 12.3 Å². The van der Waals surface area contributed by atoms with Crippen LogP contribution in [0.4, 0.5) is 0 Å². The third-order valence-corrected chi connectivity index (χ3v) is 3.31. The van der Waals surface area contributed by atoms with Crippen molar-refractivity contribution in [3.63, 3.8) is 0 Å². The molecule has 0 spiro atoms. The Hall–Kier alpha value is -1.30. The molecule has 106 valence electrons. The fourth-order valence-electron chi connectivity index (χ4n) is 2.12. The molecular weight excluding hydrogens is 244 g/mol. The van der Waals surface area contributed by atoms with E-state index in [1.165, 1.54) is 0 Å². The normalized spacial score (nSPS) is 16.5. The molecule has 2 N–H and O–H groups in total. The van der Waals surface area contributed by atoms with Crippen molar-refractivity contribution in [1.29, 1.82) is 0 Å². The lowest BCUT2D eigenvalue weighted by atomic mass is 10.2. The first-order valence-corrected chi connectivity index (χ1v) is 6.66. The standard InChI is InChI=1S/C14H22N2O3/c1-18-13-2-3-14(17)12(10-13)11-15-4-5-16-6-8-19-9-7-16/h2-3,10,15,17H,4-9,11H2,1H3. The maximum Gasteiger partial charge on any atom is 0.120 e. The molecule has 5 heteroatoms. The highest BCUT2D eigenvalue weighted by Crippen LogP contribution is 2.22. The second-order valence-electron chi connectivity index (χ2n) is 4.63. The largest absolute Gasteiger partial charge is 0.508 e. The number of phenols is 1. The number of nitrogens with zero attached hydrogens (tertiary/aromatic N) is 1. The molecule has 0 bridgehead atoms. The van der Waals surface area contributed by atoms with Crippen LogP contribution in [0.2, 0.25) is 0 Å². The van der Waals surface area contributed by atoms with Crippen molar-refractivity contribution in [2.75, 3.05) is 46.5 Å². The molecule has 5 nitrogen and oxygen atoms in total. The Bertz CT molecular complexity index is 392. The Morgan fingerprint density at radius 3 is 2.89 bits per heavy atom. The predicted molar refractivity (Wildman–Crippen MR) is 73.6 cm³/mol. The van der Waals surface area contributed by atoms with Gasteiger partial charge in [-0.25, -0.2) is 0 Å². The Labute approximate surface area is 114 Å². The van der Waals surface area contributed by atoms with Crippen LogP contribution < -0.4 is 10.1 Å². The first-order chi connectivity index (χ1) is 9.29.